The SMILES string of the molecule is COC(C)CCOOC(=O)c1ccccc1-c1ccccc1. The molecule has 22 heavy (non-hydrogen) atoms. The van der Waals surface area contributed by atoms with E-state index in [1.165, 1.54) is 0 Å². The largest absolute Gasteiger partial charge is 0.382 e. The van der Waals surface area contributed by atoms with Gasteiger partial charge in [-0.1, -0.05) is 48.5 Å². The highest BCUT2D eigenvalue weighted by atomic mass is 17.2. The summed E-state index contributed by atoms with van der Waals surface area (Å²) in [6.45, 7) is 2.23. The van der Waals surface area contributed by atoms with E-state index in [-0.39, 0.29) is 6.10 Å². The van der Waals surface area contributed by atoms with Crippen LogP contribution in [-0.4, -0.2) is 25.8 Å². The molecule has 0 aliphatic rings. The maximum Gasteiger partial charge on any atom is 0.373 e. The Kier molecular flexibility index (Phi) is 6.13. The van der Waals surface area contributed by atoms with Crippen LogP contribution in [0.3, 0.4) is 0 Å². The summed E-state index contributed by atoms with van der Waals surface area (Å²) >= 11 is 0. The third-order valence-electron chi connectivity index (χ3n) is 3.38. The molecule has 116 valence electrons. The average Bonchev–Trinajstić information content (AvgIpc) is 2.59. The summed E-state index contributed by atoms with van der Waals surface area (Å²) in [4.78, 5) is 22.0. The topological polar surface area (TPSA) is 44.8 Å². The van der Waals surface area contributed by atoms with Gasteiger partial charge in [-0.25, -0.2) is 4.79 Å². The Hall–Kier alpha value is -2.17. The van der Waals surface area contributed by atoms with E-state index in [0.29, 0.717) is 18.6 Å². The molecule has 0 bridgehead atoms. The number of rotatable bonds is 7. The van der Waals surface area contributed by atoms with Crippen LogP contribution in [0.2, 0.25) is 0 Å². The van der Waals surface area contributed by atoms with Crippen molar-refractivity contribution in [2.45, 2.75) is 19.4 Å². The van der Waals surface area contributed by atoms with Gasteiger partial charge in [0.2, 0.25) is 0 Å². The average molecular weight is 300 g/mol. The van der Waals surface area contributed by atoms with Gasteiger partial charge in [-0.3, -0.25) is 4.89 Å². The molecule has 0 spiro atoms. The molecule has 4 nitrogen and oxygen atoms in total. The lowest BCUT2D eigenvalue weighted by Gasteiger charge is -2.10. The van der Waals surface area contributed by atoms with Crippen LogP contribution >= 0.6 is 0 Å². The molecule has 0 radical (unpaired) electrons. The quantitative estimate of drug-likeness (QED) is 0.442. The summed E-state index contributed by atoms with van der Waals surface area (Å²) in [6.07, 6.45) is 0.722. The van der Waals surface area contributed by atoms with E-state index in [2.05, 4.69) is 0 Å². The fraction of sp³-hybridized carbons (Fsp3) is 0.278. The molecule has 0 aliphatic heterocycles. The molecule has 2 rings (SSSR count). The summed E-state index contributed by atoms with van der Waals surface area (Å²) < 4.78 is 5.10. The van der Waals surface area contributed by atoms with Crippen LogP contribution in [0.5, 0.6) is 0 Å². The Labute approximate surface area is 130 Å². The molecule has 0 N–H and O–H groups in total. The summed E-state index contributed by atoms with van der Waals surface area (Å²) in [6, 6.07) is 17.0. The molecule has 0 saturated heterocycles. The maximum absolute atomic E-state index is 12.2. The summed E-state index contributed by atoms with van der Waals surface area (Å²) in [5, 5.41) is 0. The van der Waals surface area contributed by atoms with Gasteiger partial charge >= 0.3 is 5.97 Å². The third-order valence-corrected chi connectivity index (χ3v) is 3.38. The first-order valence-electron chi connectivity index (χ1n) is 7.23. The highest BCUT2D eigenvalue weighted by Crippen LogP contribution is 2.24. The van der Waals surface area contributed by atoms with Crippen molar-refractivity contribution in [2.75, 3.05) is 13.7 Å². The molecule has 0 aliphatic carbocycles. The Morgan fingerprint density at radius 1 is 1.05 bits per heavy atom. The molecule has 0 saturated carbocycles. The van der Waals surface area contributed by atoms with Crippen LogP contribution in [0.1, 0.15) is 23.7 Å². The number of hydrogen-bond acceptors (Lipinski definition) is 4. The minimum absolute atomic E-state index is 0.0651. The Morgan fingerprint density at radius 2 is 1.73 bits per heavy atom. The molecule has 4 heteroatoms. The Bertz CT molecular complexity index is 595. The van der Waals surface area contributed by atoms with E-state index >= 15 is 0 Å². The number of ether oxygens (including phenoxy) is 1. The molecule has 0 heterocycles. The summed E-state index contributed by atoms with van der Waals surface area (Å²) in [5.74, 6) is -0.496. The zero-order valence-electron chi connectivity index (χ0n) is 12.8. The van der Waals surface area contributed by atoms with Crippen molar-refractivity contribution in [1.82, 2.24) is 0 Å². The molecule has 1 unspecified atom stereocenters. The lowest BCUT2D eigenvalue weighted by molar-refractivity contribution is -0.244. The minimum atomic E-state index is -0.496. The van der Waals surface area contributed by atoms with Gasteiger partial charge in [-0.2, -0.15) is 4.89 Å². The van der Waals surface area contributed by atoms with E-state index in [4.69, 9.17) is 14.5 Å². The number of carbonyl (C=O) groups excluding carboxylic acids is 1. The van der Waals surface area contributed by atoms with Crippen LogP contribution < -0.4 is 0 Å². The lowest BCUT2D eigenvalue weighted by Crippen LogP contribution is -2.12. The monoisotopic (exact) mass is 300 g/mol. The van der Waals surface area contributed by atoms with Gasteiger partial charge in [0.05, 0.1) is 18.3 Å². The zero-order valence-corrected chi connectivity index (χ0v) is 12.8. The molecular formula is C18H20O4. The number of benzene rings is 2. The Morgan fingerprint density at radius 3 is 2.45 bits per heavy atom. The van der Waals surface area contributed by atoms with Crippen molar-refractivity contribution >= 4 is 5.97 Å². The lowest BCUT2D eigenvalue weighted by atomic mass is 10.00. The van der Waals surface area contributed by atoms with Gasteiger partial charge in [0.15, 0.2) is 0 Å². The molecular weight excluding hydrogens is 280 g/mol. The molecule has 0 amide bonds. The Balaban J connectivity index is 2.01. The van der Waals surface area contributed by atoms with Gasteiger partial charge < -0.3 is 4.74 Å². The van der Waals surface area contributed by atoms with Crippen molar-refractivity contribution in [1.29, 1.82) is 0 Å². The van der Waals surface area contributed by atoms with Crippen LogP contribution in [0, 0.1) is 0 Å². The number of hydrogen-bond donors (Lipinski definition) is 0. The first-order valence-corrected chi connectivity index (χ1v) is 7.23. The fourth-order valence-electron chi connectivity index (χ4n) is 2.00. The van der Waals surface area contributed by atoms with Gasteiger partial charge in [-0.05, 0) is 24.1 Å². The van der Waals surface area contributed by atoms with E-state index < -0.39 is 5.97 Å². The molecule has 1 atom stereocenters. The van der Waals surface area contributed by atoms with Crippen LogP contribution in [0.4, 0.5) is 0 Å². The smallest absolute Gasteiger partial charge is 0.373 e. The van der Waals surface area contributed by atoms with Crippen molar-refractivity contribution in [3.05, 3.63) is 60.2 Å². The highest BCUT2D eigenvalue weighted by Gasteiger charge is 2.14. The molecule has 0 fully saturated rings. The van der Waals surface area contributed by atoms with Crippen molar-refractivity contribution in [2.24, 2.45) is 0 Å². The van der Waals surface area contributed by atoms with Crippen molar-refractivity contribution in [3.63, 3.8) is 0 Å². The highest BCUT2D eigenvalue weighted by molar-refractivity contribution is 5.96. The maximum atomic E-state index is 12.2. The minimum Gasteiger partial charge on any atom is -0.382 e. The van der Waals surface area contributed by atoms with E-state index in [0.717, 1.165) is 11.1 Å². The first kappa shape index (κ1) is 16.2. The van der Waals surface area contributed by atoms with Crippen LogP contribution in [0.15, 0.2) is 54.6 Å². The standard InChI is InChI=1S/C18H20O4/c1-14(20-2)12-13-21-22-18(19)17-11-7-6-10-16(17)15-8-4-3-5-9-15/h3-11,14H,12-13H2,1-2H3. The van der Waals surface area contributed by atoms with Gasteiger partial charge in [-0.15, -0.1) is 0 Å². The van der Waals surface area contributed by atoms with E-state index in [1.54, 1.807) is 19.2 Å². The molecule has 2 aromatic carbocycles. The van der Waals surface area contributed by atoms with Gasteiger partial charge in [0.25, 0.3) is 0 Å². The van der Waals surface area contributed by atoms with E-state index in [1.807, 2.05) is 49.4 Å². The van der Waals surface area contributed by atoms with Crippen LogP contribution in [-0.2, 0) is 14.5 Å². The second kappa shape index (κ2) is 8.32. The zero-order chi connectivity index (χ0) is 15.8. The number of methoxy groups -OCH3 is 1. The molecule has 2 aromatic rings. The predicted octanol–water partition coefficient (Wildman–Crippen LogP) is 3.87. The van der Waals surface area contributed by atoms with Crippen molar-refractivity contribution in [3.8, 4) is 11.1 Å². The van der Waals surface area contributed by atoms with Gasteiger partial charge in [0, 0.05) is 13.5 Å². The normalized spacial score (nSPS) is 11.9. The summed E-state index contributed by atoms with van der Waals surface area (Å²) in [5.41, 5.74) is 2.26. The fourth-order valence-corrected chi connectivity index (χ4v) is 2.00. The molecule has 0 aromatic heterocycles. The third kappa shape index (κ3) is 4.41. The number of carbonyl (C=O) groups is 1. The second-order valence-electron chi connectivity index (χ2n) is 4.94. The van der Waals surface area contributed by atoms with Crippen molar-refractivity contribution < 1.29 is 19.3 Å². The first-order chi connectivity index (χ1) is 10.7. The summed E-state index contributed by atoms with van der Waals surface area (Å²) in [7, 11) is 1.63. The second-order valence-corrected chi connectivity index (χ2v) is 4.94. The van der Waals surface area contributed by atoms with Crippen LogP contribution in [0.25, 0.3) is 11.1 Å². The van der Waals surface area contributed by atoms with E-state index in [9.17, 15) is 4.79 Å². The van der Waals surface area contributed by atoms with Gasteiger partial charge in [0.1, 0.15) is 0 Å². The predicted molar refractivity (Wildman–Crippen MR) is 84.3 cm³/mol.